The number of hydrogen-bond acceptors (Lipinski definition) is 9. The molecule has 31 heavy (non-hydrogen) atoms. The summed E-state index contributed by atoms with van der Waals surface area (Å²) in [6, 6.07) is 0. The number of fused-ring (bicyclic) bond motifs is 1. The van der Waals surface area contributed by atoms with Crippen LogP contribution in [-0.2, 0) is 19.1 Å². The van der Waals surface area contributed by atoms with E-state index in [9.17, 15) is 19.8 Å². The third-order valence-corrected chi connectivity index (χ3v) is 4.99. The molecule has 2 aromatic rings. The highest BCUT2D eigenvalue weighted by molar-refractivity contribution is 5.99. The van der Waals surface area contributed by atoms with Crippen molar-refractivity contribution in [3.05, 3.63) is 6.33 Å². The first-order valence-corrected chi connectivity index (χ1v) is 10.0. The highest BCUT2D eigenvalue weighted by Crippen LogP contribution is 2.34. The summed E-state index contributed by atoms with van der Waals surface area (Å²) in [6.07, 6.45) is -2.15. The van der Waals surface area contributed by atoms with Gasteiger partial charge in [-0.15, -0.1) is 0 Å². The van der Waals surface area contributed by atoms with Gasteiger partial charge in [-0.1, -0.05) is 27.7 Å². The van der Waals surface area contributed by atoms with Gasteiger partial charge in [0.2, 0.25) is 17.8 Å². The summed E-state index contributed by atoms with van der Waals surface area (Å²) >= 11 is 0. The van der Waals surface area contributed by atoms with Crippen LogP contribution in [0.4, 0.5) is 11.8 Å². The van der Waals surface area contributed by atoms with Crippen LogP contribution in [0.3, 0.4) is 0 Å². The standard InChI is InChI=1S/C19H28N6O6/c1-8(2)16(28)21-14-11-15(23-19(22-14)24-17(29)9(3)4)25(7-20-11)18-13(30-5)12(27)10(6-26)31-18/h7-10,12-13,18,26-27H,6H2,1-5H3,(H2,21,22,23,24,28,29)/t10-,12-,13-,18?/m1/s1. The Morgan fingerprint density at radius 3 is 2.42 bits per heavy atom. The minimum atomic E-state index is -1.07. The molecule has 4 atom stereocenters. The normalized spacial score (nSPS) is 23.6. The molecule has 1 aliphatic rings. The van der Waals surface area contributed by atoms with Crippen LogP contribution < -0.4 is 10.6 Å². The zero-order valence-corrected chi connectivity index (χ0v) is 18.1. The molecule has 12 heteroatoms. The number of imidazole rings is 1. The van der Waals surface area contributed by atoms with E-state index in [-0.39, 0.29) is 46.6 Å². The summed E-state index contributed by atoms with van der Waals surface area (Å²) in [6.45, 7) is 6.53. The summed E-state index contributed by atoms with van der Waals surface area (Å²) in [7, 11) is 1.42. The van der Waals surface area contributed by atoms with Gasteiger partial charge >= 0.3 is 0 Å². The second kappa shape index (κ2) is 9.22. The molecule has 0 aromatic carbocycles. The van der Waals surface area contributed by atoms with Crippen molar-refractivity contribution in [2.45, 2.75) is 52.2 Å². The zero-order valence-electron chi connectivity index (χ0n) is 18.1. The number of nitrogens with one attached hydrogen (secondary N) is 2. The summed E-state index contributed by atoms with van der Waals surface area (Å²) in [5, 5.41) is 25.2. The molecule has 170 valence electrons. The molecule has 3 rings (SSSR count). The Morgan fingerprint density at radius 1 is 1.19 bits per heavy atom. The first kappa shape index (κ1) is 23.0. The second-order valence-corrected chi connectivity index (χ2v) is 7.95. The first-order chi connectivity index (χ1) is 14.7. The van der Waals surface area contributed by atoms with Gasteiger partial charge < -0.3 is 25.0 Å². The molecule has 2 amide bonds. The van der Waals surface area contributed by atoms with Gasteiger partial charge in [0, 0.05) is 18.9 Å². The van der Waals surface area contributed by atoms with Gasteiger partial charge in [-0.2, -0.15) is 9.97 Å². The Bertz CT molecular complexity index is 961. The van der Waals surface area contributed by atoms with Crippen LogP contribution in [0.25, 0.3) is 11.2 Å². The molecular weight excluding hydrogens is 408 g/mol. The van der Waals surface area contributed by atoms with E-state index >= 15 is 0 Å². The molecule has 1 aliphatic heterocycles. The Balaban J connectivity index is 2.09. The fourth-order valence-corrected chi connectivity index (χ4v) is 3.11. The highest BCUT2D eigenvalue weighted by atomic mass is 16.6. The van der Waals surface area contributed by atoms with Crippen molar-refractivity contribution >= 4 is 34.7 Å². The molecule has 3 heterocycles. The van der Waals surface area contributed by atoms with Gasteiger partial charge in [0.1, 0.15) is 18.3 Å². The molecular formula is C19H28N6O6. The van der Waals surface area contributed by atoms with Gasteiger partial charge in [0.25, 0.3) is 0 Å². The van der Waals surface area contributed by atoms with Crippen LogP contribution in [0.1, 0.15) is 33.9 Å². The lowest BCUT2D eigenvalue weighted by molar-refractivity contribution is -0.119. The lowest BCUT2D eigenvalue weighted by Gasteiger charge is -2.20. The third kappa shape index (κ3) is 4.51. The smallest absolute Gasteiger partial charge is 0.233 e. The van der Waals surface area contributed by atoms with Crippen molar-refractivity contribution in [1.82, 2.24) is 19.5 Å². The molecule has 0 bridgehead atoms. The topological polar surface area (TPSA) is 161 Å². The van der Waals surface area contributed by atoms with E-state index in [1.54, 1.807) is 27.7 Å². The highest BCUT2D eigenvalue weighted by Gasteiger charge is 2.45. The predicted octanol–water partition coefficient (Wildman–Crippen LogP) is 0.281. The van der Waals surface area contributed by atoms with Gasteiger partial charge in [-0.05, 0) is 0 Å². The minimum absolute atomic E-state index is 0.0155. The zero-order chi connectivity index (χ0) is 22.9. The van der Waals surface area contributed by atoms with Gasteiger partial charge in [0.05, 0.1) is 12.9 Å². The number of ether oxygens (including phenoxy) is 2. The van der Waals surface area contributed by atoms with Crippen LogP contribution in [-0.4, -0.2) is 73.6 Å². The largest absolute Gasteiger partial charge is 0.394 e. The lowest BCUT2D eigenvalue weighted by atomic mass is 10.1. The summed E-state index contributed by atoms with van der Waals surface area (Å²) in [5.74, 6) is -1.08. The number of amides is 2. The Labute approximate surface area is 179 Å². The number of rotatable bonds is 7. The van der Waals surface area contributed by atoms with Gasteiger partial charge in [-0.3, -0.25) is 19.5 Å². The number of aliphatic hydroxyl groups excluding tert-OH is 2. The molecule has 0 spiro atoms. The molecule has 1 saturated heterocycles. The Kier molecular flexibility index (Phi) is 6.84. The van der Waals surface area contributed by atoms with E-state index in [0.29, 0.717) is 0 Å². The van der Waals surface area contributed by atoms with E-state index in [2.05, 4.69) is 25.6 Å². The van der Waals surface area contributed by atoms with Gasteiger partial charge in [0.15, 0.2) is 23.2 Å². The number of methoxy groups -OCH3 is 1. The summed E-state index contributed by atoms with van der Waals surface area (Å²) in [5.41, 5.74) is 0.530. The van der Waals surface area contributed by atoms with E-state index in [1.165, 1.54) is 18.0 Å². The maximum Gasteiger partial charge on any atom is 0.233 e. The Hall–Kier alpha value is -2.67. The minimum Gasteiger partial charge on any atom is -0.394 e. The maximum atomic E-state index is 12.3. The van der Waals surface area contributed by atoms with Crippen LogP contribution in [0.2, 0.25) is 0 Å². The molecule has 2 aromatic heterocycles. The van der Waals surface area contributed by atoms with Crippen LogP contribution in [0, 0.1) is 11.8 Å². The maximum absolute atomic E-state index is 12.3. The Morgan fingerprint density at radius 2 is 1.84 bits per heavy atom. The van der Waals surface area contributed by atoms with Crippen molar-refractivity contribution in [3.63, 3.8) is 0 Å². The van der Waals surface area contributed by atoms with Gasteiger partial charge in [-0.25, -0.2) is 4.98 Å². The number of aromatic nitrogens is 4. The van der Waals surface area contributed by atoms with E-state index in [0.717, 1.165) is 0 Å². The lowest BCUT2D eigenvalue weighted by Crippen LogP contribution is -2.34. The number of hydrogen-bond donors (Lipinski definition) is 4. The average molecular weight is 436 g/mol. The summed E-state index contributed by atoms with van der Waals surface area (Å²) < 4.78 is 12.6. The number of aliphatic hydroxyl groups is 2. The molecule has 1 fully saturated rings. The number of anilines is 2. The average Bonchev–Trinajstić information content (AvgIpc) is 3.27. The van der Waals surface area contributed by atoms with Crippen molar-refractivity contribution in [1.29, 1.82) is 0 Å². The van der Waals surface area contributed by atoms with Crippen LogP contribution >= 0.6 is 0 Å². The fourth-order valence-electron chi connectivity index (χ4n) is 3.11. The van der Waals surface area contributed by atoms with Crippen LogP contribution in [0.15, 0.2) is 6.33 Å². The molecule has 0 aliphatic carbocycles. The SMILES string of the molecule is CO[C@H]1C(n2cnc3c(NC(=O)C(C)C)nc(NC(=O)C(C)C)nc32)O[C@H](CO)[C@H]1O. The van der Waals surface area contributed by atoms with Crippen LogP contribution in [0.5, 0.6) is 0 Å². The number of nitrogens with zero attached hydrogens (tertiary/aromatic N) is 4. The van der Waals surface area contributed by atoms with Crippen molar-refractivity contribution in [2.24, 2.45) is 11.8 Å². The van der Waals surface area contributed by atoms with E-state index < -0.39 is 31.1 Å². The number of carbonyl (C=O) groups is 2. The molecule has 0 radical (unpaired) electrons. The van der Waals surface area contributed by atoms with Crippen molar-refractivity contribution < 1.29 is 29.3 Å². The summed E-state index contributed by atoms with van der Waals surface area (Å²) in [4.78, 5) is 37.4. The molecule has 1 unspecified atom stereocenters. The first-order valence-electron chi connectivity index (χ1n) is 10.0. The third-order valence-electron chi connectivity index (χ3n) is 4.99. The number of carbonyl (C=O) groups excluding carboxylic acids is 2. The van der Waals surface area contributed by atoms with Crippen molar-refractivity contribution in [2.75, 3.05) is 24.4 Å². The van der Waals surface area contributed by atoms with Crippen molar-refractivity contribution in [3.8, 4) is 0 Å². The van der Waals surface area contributed by atoms with E-state index in [1.807, 2.05) is 0 Å². The fraction of sp³-hybridized carbons (Fsp3) is 0.632. The molecule has 12 nitrogen and oxygen atoms in total. The quantitative estimate of drug-likeness (QED) is 0.478. The second-order valence-electron chi connectivity index (χ2n) is 7.95. The monoisotopic (exact) mass is 436 g/mol. The van der Waals surface area contributed by atoms with E-state index in [4.69, 9.17) is 9.47 Å². The molecule has 4 N–H and O–H groups in total. The predicted molar refractivity (Wildman–Crippen MR) is 110 cm³/mol. The molecule has 0 saturated carbocycles.